The van der Waals surface area contributed by atoms with Crippen molar-refractivity contribution in [3.05, 3.63) is 17.5 Å². The number of carbonyl (C=O) groups is 2. The largest absolute Gasteiger partial charge is 0.480 e. The highest BCUT2D eigenvalue weighted by atomic mass is 16.4. The molecule has 2 heterocycles. The van der Waals surface area contributed by atoms with Gasteiger partial charge in [0.2, 0.25) is 0 Å². The molecule has 1 amide bonds. The van der Waals surface area contributed by atoms with E-state index in [1.54, 1.807) is 6.07 Å². The van der Waals surface area contributed by atoms with Gasteiger partial charge in [-0.25, -0.2) is 4.79 Å². The Morgan fingerprint density at radius 2 is 2.10 bits per heavy atom. The quantitative estimate of drug-likeness (QED) is 0.903. The summed E-state index contributed by atoms with van der Waals surface area (Å²) in [6.07, 6.45) is 3.16. The average molecular weight is 293 g/mol. The SMILES string of the molecule is CCC(CC)n1nc(C(=O)N2CCC[C@H]2C(=O)O)cc1C. The fourth-order valence-electron chi connectivity index (χ4n) is 3.01. The molecular weight excluding hydrogens is 270 g/mol. The first-order valence-electron chi connectivity index (χ1n) is 7.59. The molecule has 1 aromatic rings. The van der Waals surface area contributed by atoms with Crippen LogP contribution in [0.15, 0.2) is 6.07 Å². The van der Waals surface area contributed by atoms with Crippen LogP contribution < -0.4 is 0 Å². The maximum absolute atomic E-state index is 12.5. The molecule has 2 rings (SSSR count). The van der Waals surface area contributed by atoms with Gasteiger partial charge < -0.3 is 10.0 Å². The number of aryl methyl sites for hydroxylation is 1. The molecule has 1 saturated heterocycles. The third kappa shape index (κ3) is 2.94. The Hall–Kier alpha value is -1.85. The summed E-state index contributed by atoms with van der Waals surface area (Å²) in [5.41, 5.74) is 1.30. The Morgan fingerprint density at radius 1 is 1.43 bits per heavy atom. The number of rotatable bonds is 5. The van der Waals surface area contributed by atoms with E-state index in [9.17, 15) is 14.7 Å². The molecule has 6 nitrogen and oxygen atoms in total. The van der Waals surface area contributed by atoms with Crippen LogP contribution in [0.3, 0.4) is 0 Å². The Morgan fingerprint density at radius 3 is 2.67 bits per heavy atom. The van der Waals surface area contributed by atoms with Crippen molar-refractivity contribution in [1.29, 1.82) is 0 Å². The van der Waals surface area contributed by atoms with Gasteiger partial charge in [-0.1, -0.05) is 13.8 Å². The van der Waals surface area contributed by atoms with Crippen molar-refractivity contribution < 1.29 is 14.7 Å². The highest BCUT2D eigenvalue weighted by Gasteiger charge is 2.35. The molecule has 1 fully saturated rings. The molecule has 1 N–H and O–H groups in total. The topological polar surface area (TPSA) is 75.4 Å². The lowest BCUT2D eigenvalue weighted by molar-refractivity contribution is -0.141. The molecule has 1 aliphatic rings. The molecule has 0 aliphatic carbocycles. The zero-order valence-electron chi connectivity index (χ0n) is 12.9. The van der Waals surface area contributed by atoms with Gasteiger partial charge in [0, 0.05) is 12.2 Å². The number of carboxylic acid groups (broad SMARTS) is 1. The first kappa shape index (κ1) is 15.5. The lowest BCUT2D eigenvalue weighted by Crippen LogP contribution is -2.40. The Balaban J connectivity index is 2.24. The minimum Gasteiger partial charge on any atom is -0.480 e. The number of carboxylic acids is 1. The molecule has 0 saturated carbocycles. The van der Waals surface area contributed by atoms with Crippen LogP contribution in [0, 0.1) is 6.92 Å². The summed E-state index contributed by atoms with van der Waals surface area (Å²) in [6.45, 7) is 6.61. The van der Waals surface area contributed by atoms with E-state index < -0.39 is 12.0 Å². The van der Waals surface area contributed by atoms with Gasteiger partial charge >= 0.3 is 5.97 Å². The average Bonchev–Trinajstić information content (AvgIpc) is 3.07. The van der Waals surface area contributed by atoms with Gasteiger partial charge in [0.25, 0.3) is 5.91 Å². The van der Waals surface area contributed by atoms with Crippen LogP contribution in [0.5, 0.6) is 0 Å². The standard InChI is InChI=1S/C15H23N3O3/c1-4-11(5-2)18-10(3)9-12(16-18)14(19)17-8-6-7-13(17)15(20)21/h9,11,13H,4-8H2,1-3H3,(H,20,21)/t13-/m0/s1. The van der Waals surface area contributed by atoms with E-state index in [0.29, 0.717) is 18.7 Å². The minimum absolute atomic E-state index is 0.271. The van der Waals surface area contributed by atoms with E-state index in [4.69, 9.17) is 0 Å². The van der Waals surface area contributed by atoms with E-state index in [1.807, 2.05) is 11.6 Å². The van der Waals surface area contributed by atoms with Crippen LogP contribution in [0.25, 0.3) is 0 Å². The summed E-state index contributed by atoms with van der Waals surface area (Å²) in [5.74, 6) is -1.20. The van der Waals surface area contributed by atoms with Crippen molar-refractivity contribution in [2.45, 2.75) is 58.5 Å². The molecule has 116 valence electrons. The van der Waals surface area contributed by atoms with Crippen LogP contribution in [-0.4, -0.2) is 44.3 Å². The molecule has 21 heavy (non-hydrogen) atoms. The summed E-state index contributed by atoms with van der Waals surface area (Å²) in [5, 5.41) is 13.6. The van der Waals surface area contributed by atoms with Crippen molar-refractivity contribution in [1.82, 2.24) is 14.7 Å². The summed E-state index contributed by atoms with van der Waals surface area (Å²) in [6, 6.07) is 1.33. The maximum Gasteiger partial charge on any atom is 0.326 e. The summed E-state index contributed by atoms with van der Waals surface area (Å²) in [7, 11) is 0. The second-order valence-electron chi connectivity index (χ2n) is 5.58. The van der Waals surface area contributed by atoms with Gasteiger partial charge in [0.15, 0.2) is 5.69 Å². The smallest absolute Gasteiger partial charge is 0.326 e. The molecule has 1 aliphatic heterocycles. The van der Waals surface area contributed by atoms with E-state index in [1.165, 1.54) is 4.90 Å². The predicted molar refractivity (Wildman–Crippen MR) is 78.3 cm³/mol. The van der Waals surface area contributed by atoms with Gasteiger partial charge in [-0.2, -0.15) is 5.10 Å². The molecule has 6 heteroatoms. The van der Waals surface area contributed by atoms with Gasteiger partial charge in [-0.15, -0.1) is 0 Å². The number of amides is 1. The first-order chi connectivity index (χ1) is 9.99. The van der Waals surface area contributed by atoms with Crippen LogP contribution in [-0.2, 0) is 4.79 Å². The monoisotopic (exact) mass is 293 g/mol. The summed E-state index contributed by atoms with van der Waals surface area (Å²) < 4.78 is 1.89. The Labute approximate surface area is 124 Å². The Kier molecular flexibility index (Phi) is 4.65. The lowest BCUT2D eigenvalue weighted by Gasteiger charge is -2.20. The third-order valence-corrected chi connectivity index (χ3v) is 4.23. The molecule has 1 aromatic heterocycles. The number of hydrogen-bond donors (Lipinski definition) is 1. The number of hydrogen-bond acceptors (Lipinski definition) is 3. The van der Waals surface area contributed by atoms with Crippen molar-refractivity contribution in [2.24, 2.45) is 0 Å². The molecule has 0 bridgehead atoms. The first-order valence-corrected chi connectivity index (χ1v) is 7.59. The number of nitrogens with zero attached hydrogens (tertiary/aromatic N) is 3. The van der Waals surface area contributed by atoms with E-state index in [2.05, 4.69) is 18.9 Å². The highest BCUT2D eigenvalue weighted by molar-refractivity contribution is 5.95. The Bertz CT molecular complexity index is 534. The van der Waals surface area contributed by atoms with Crippen molar-refractivity contribution in [2.75, 3.05) is 6.54 Å². The number of likely N-dealkylation sites (tertiary alicyclic amines) is 1. The van der Waals surface area contributed by atoms with Crippen molar-refractivity contribution in [3.8, 4) is 0 Å². The summed E-state index contributed by atoms with van der Waals surface area (Å²) in [4.78, 5) is 25.1. The fourth-order valence-corrected chi connectivity index (χ4v) is 3.01. The number of carbonyl (C=O) groups excluding carboxylic acids is 1. The molecule has 0 radical (unpaired) electrons. The van der Waals surface area contributed by atoms with Crippen LogP contribution >= 0.6 is 0 Å². The highest BCUT2D eigenvalue weighted by Crippen LogP contribution is 2.22. The zero-order valence-corrected chi connectivity index (χ0v) is 12.9. The normalized spacial score (nSPS) is 18.5. The van der Waals surface area contributed by atoms with Crippen molar-refractivity contribution in [3.63, 3.8) is 0 Å². The van der Waals surface area contributed by atoms with E-state index >= 15 is 0 Å². The van der Waals surface area contributed by atoms with E-state index in [-0.39, 0.29) is 11.9 Å². The molecule has 0 aromatic carbocycles. The zero-order chi connectivity index (χ0) is 15.6. The van der Waals surface area contributed by atoms with Gasteiger partial charge in [0.1, 0.15) is 6.04 Å². The fraction of sp³-hybridized carbons (Fsp3) is 0.667. The van der Waals surface area contributed by atoms with Gasteiger partial charge in [-0.3, -0.25) is 9.48 Å². The molecule has 0 unspecified atom stereocenters. The van der Waals surface area contributed by atoms with Crippen LogP contribution in [0.2, 0.25) is 0 Å². The van der Waals surface area contributed by atoms with Crippen LogP contribution in [0.4, 0.5) is 0 Å². The third-order valence-electron chi connectivity index (χ3n) is 4.23. The van der Waals surface area contributed by atoms with Crippen LogP contribution in [0.1, 0.15) is 61.8 Å². The maximum atomic E-state index is 12.5. The molecular formula is C15H23N3O3. The molecule has 1 atom stereocenters. The number of aromatic nitrogens is 2. The lowest BCUT2D eigenvalue weighted by atomic mass is 10.2. The number of aliphatic carboxylic acids is 1. The van der Waals surface area contributed by atoms with Gasteiger partial charge in [0.05, 0.1) is 6.04 Å². The summed E-state index contributed by atoms with van der Waals surface area (Å²) >= 11 is 0. The van der Waals surface area contributed by atoms with Crippen molar-refractivity contribution >= 4 is 11.9 Å². The second-order valence-corrected chi connectivity index (χ2v) is 5.58. The second kappa shape index (κ2) is 6.28. The minimum atomic E-state index is -0.933. The molecule has 0 spiro atoms. The van der Waals surface area contributed by atoms with E-state index in [0.717, 1.165) is 25.0 Å². The van der Waals surface area contributed by atoms with Gasteiger partial charge in [-0.05, 0) is 38.7 Å². The predicted octanol–water partition coefficient (Wildman–Crippen LogP) is 2.24.